The highest BCUT2D eigenvalue weighted by atomic mass is 35.5. The summed E-state index contributed by atoms with van der Waals surface area (Å²) in [6.45, 7) is 0. The molecule has 0 unspecified atom stereocenters. The SMILES string of the molecule is CN(C)[C@H]1CCCC[C@H]1NC(=O)c1ccccc1.Cl. The second kappa shape index (κ2) is 7.51. The molecule has 19 heavy (non-hydrogen) atoms. The molecular weight excluding hydrogens is 260 g/mol. The van der Waals surface area contributed by atoms with E-state index in [0.717, 1.165) is 12.0 Å². The van der Waals surface area contributed by atoms with Crippen molar-refractivity contribution < 1.29 is 4.79 Å². The highest BCUT2D eigenvalue weighted by Gasteiger charge is 2.27. The molecule has 0 saturated heterocycles. The van der Waals surface area contributed by atoms with Gasteiger partial charge in [-0.2, -0.15) is 0 Å². The maximum atomic E-state index is 12.2. The van der Waals surface area contributed by atoms with Gasteiger partial charge in [0.25, 0.3) is 5.91 Å². The lowest BCUT2D eigenvalue weighted by Crippen LogP contribution is -2.51. The van der Waals surface area contributed by atoms with Crippen molar-refractivity contribution in [3.63, 3.8) is 0 Å². The van der Waals surface area contributed by atoms with Crippen molar-refractivity contribution in [2.24, 2.45) is 0 Å². The molecule has 106 valence electrons. The van der Waals surface area contributed by atoms with Crippen molar-refractivity contribution in [1.29, 1.82) is 0 Å². The highest BCUT2D eigenvalue weighted by molar-refractivity contribution is 5.94. The van der Waals surface area contributed by atoms with Gasteiger partial charge in [-0.1, -0.05) is 31.0 Å². The number of nitrogens with one attached hydrogen (secondary N) is 1. The van der Waals surface area contributed by atoms with Gasteiger partial charge in [0.15, 0.2) is 0 Å². The molecule has 0 radical (unpaired) electrons. The average Bonchev–Trinajstić information content (AvgIpc) is 2.40. The summed E-state index contributed by atoms with van der Waals surface area (Å²) in [5.41, 5.74) is 0.751. The molecule has 0 bridgehead atoms. The van der Waals surface area contributed by atoms with Gasteiger partial charge in [-0.25, -0.2) is 0 Å². The predicted octanol–water partition coefficient (Wildman–Crippen LogP) is 2.71. The van der Waals surface area contributed by atoms with Gasteiger partial charge < -0.3 is 10.2 Å². The van der Waals surface area contributed by atoms with Crippen LogP contribution in [0.1, 0.15) is 36.0 Å². The minimum absolute atomic E-state index is 0. The van der Waals surface area contributed by atoms with Crippen LogP contribution in [-0.4, -0.2) is 37.0 Å². The van der Waals surface area contributed by atoms with Crippen LogP contribution in [0.2, 0.25) is 0 Å². The van der Waals surface area contributed by atoms with Gasteiger partial charge in [-0.05, 0) is 39.1 Å². The van der Waals surface area contributed by atoms with Crippen LogP contribution in [0.15, 0.2) is 30.3 Å². The van der Waals surface area contributed by atoms with Crippen molar-refractivity contribution in [2.45, 2.75) is 37.8 Å². The summed E-state index contributed by atoms with van der Waals surface area (Å²) in [5, 5.41) is 3.19. The fourth-order valence-electron chi connectivity index (χ4n) is 2.74. The normalized spacial score (nSPS) is 22.7. The lowest BCUT2D eigenvalue weighted by atomic mass is 9.89. The quantitative estimate of drug-likeness (QED) is 0.924. The van der Waals surface area contributed by atoms with Gasteiger partial charge in [0.05, 0.1) is 0 Å². The fourth-order valence-corrected chi connectivity index (χ4v) is 2.74. The Labute approximate surface area is 121 Å². The van der Waals surface area contributed by atoms with Crippen LogP contribution < -0.4 is 5.32 Å². The zero-order valence-electron chi connectivity index (χ0n) is 11.6. The molecule has 1 amide bonds. The van der Waals surface area contributed by atoms with Crippen LogP contribution in [0.5, 0.6) is 0 Å². The van der Waals surface area contributed by atoms with Gasteiger partial charge in [0, 0.05) is 17.6 Å². The molecule has 1 fully saturated rings. The number of rotatable bonds is 3. The third-order valence-corrected chi connectivity index (χ3v) is 3.75. The highest BCUT2D eigenvalue weighted by Crippen LogP contribution is 2.22. The second-order valence-corrected chi connectivity index (χ2v) is 5.26. The maximum Gasteiger partial charge on any atom is 0.251 e. The average molecular weight is 283 g/mol. The zero-order chi connectivity index (χ0) is 13.0. The Bertz CT molecular complexity index is 394. The maximum absolute atomic E-state index is 12.2. The van der Waals surface area contributed by atoms with E-state index in [4.69, 9.17) is 0 Å². The fraction of sp³-hybridized carbons (Fsp3) is 0.533. The molecule has 1 aliphatic carbocycles. The molecule has 0 aromatic heterocycles. The van der Waals surface area contributed by atoms with Crippen LogP contribution in [0.25, 0.3) is 0 Å². The smallest absolute Gasteiger partial charge is 0.251 e. The van der Waals surface area contributed by atoms with Gasteiger partial charge >= 0.3 is 0 Å². The number of nitrogens with zero attached hydrogens (tertiary/aromatic N) is 1. The summed E-state index contributed by atoms with van der Waals surface area (Å²) < 4.78 is 0. The van der Waals surface area contributed by atoms with Crippen molar-refractivity contribution in [2.75, 3.05) is 14.1 Å². The Hall–Kier alpha value is -1.06. The van der Waals surface area contributed by atoms with Crippen molar-refractivity contribution in [3.8, 4) is 0 Å². The summed E-state index contributed by atoms with van der Waals surface area (Å²) in [4.78, 5) is 14.4. The van der Waals surface area contributed by atoms with Crippen LogP contribution >= 0.6 is 12.4 Å². The Morgan fingerprint density at radius 3 is 2.42 bits per heavy atom. The van der Waals surface area contributed by atoms with E-state index in [1.165, 1.54) is 19.3 Å². The molecule has 1 N–H and O–H groups in total. The molecule has 3 nitrogen and oxygen atoms in total. The summed E-state index contributed by atoms with van der Waals surface area (Å²) in [6.07, 6.45) is 4.73. The number of benzene rings is 1. The first-order valence-corrected chi connectivity index (χ1v) is 6.71. The molecule has 1 aromatic rings. The predicted molar refractivity (Wildman–Crippen MR) is 80.9 cm³/mol. The van der Waals surface area contributed by atoms with Crippen molar-refractivity contribution >= 4 is 18.3 Å². The minimum atomic E-state index is 0. The zero-order valence-corrected chi connectivity index (χ0v) is 12.5. The van der Waals surface area contributed by atoms with Crippen LogP contribution in [0.3, 0.4) is 0 Å². The number of hydrogen-bond donors (Lipinski definition) is 1. The summed E-state index contributed by atoms with van der Waals surface area (Å²) >= 11 is 0. The van der Waals surface area contributed by atoms with Gasteiger partial charge in [-0.3, -0.25) is 4.79 Å². The Balaban J connectivity index is 0.00000180. The second-order valence-electron chi connectivity index (χ2n) is 5.26. The topological polar surface area (TPSA) is 32.3 Å². The number of hydrogen-bond acceptors (Lipinski definition) is 2. The number of halogens is 1. The van der Waals surface area contributed by atoms with E-state index in [9.17, 15) is 4.79 Å². The van der Waals surface area contributed by atoms with Crippen LogP contribution in [0, 0.1) is 0 Å². The Morgan fingerprint density at radius 1 is 1.16 bits per heavy atom. The van der Waals surface area contributed by atoms with Gasteiger partial charge in [0.2, 0.25) is 0 Å². The van der Waals surface area contributed by atoms with Crippen molar-refractivity contribution in [3.05, 3.63) is 35.9 Å². The molecule has 4 heteroatoms. The number of likely N-dealkylation sites (N-methyl/N-ethyl adjacent to an activating group) is 1. The molecule has 0 spiro atoms. The number of amides is 1. The van der Waals surface area contributed by atoms with Gasteiger partial charge in [0.1, 0.15) is 0 Å². The third kappa shape index (κ3) is 4.22. The molecule has 0 aliphatic heterocycles. The van der Waals surface area contributed by atoms with E-state index < -0.39 is 0 Å². The molecule has 1 aliphatic rings. The summed E-state index contributed by atoms with van der Waals surface area (Å²) in [7, 11) is 4.19. The Morgan fingerprint density at radius 2 is 1.79 bits per heavy atom. The first-order valence-electron chi connectivity index (χ1n) is 6.71. The Kier molecular flexibility index (Phi) is 6.32. The minimum Gasteiger partial charge on any atom is -0.348 e. The molecule has 0 heterocycles. The summed E-state index contributed by atoms with van der Waals surface area (Å²) in [6, 6.07) is 10.2. The monoisotopic (exact) mass is 282 g/mol. The van der Waals surface area contributed by atoms with E-state index in [1.807, 2.05) is 30.3 Å². The molecule has 2 rings (SSSR count). The van der Waals surface area contributed by atoms with Crippen molar-refractivity contribution in [1.82, 2.24) is 10.2 Å². The van der Waals surface area contributed by atoms with Crippen LogP contribution in [0.4, 0.5) is 0 Å². The van der Waals surface area contributed by atoms with E-state index >= 15 is 0 Å². The van der Waals surface area contributed by atoms with Crippen LogP contribution in [-0.2, 0) is 0 Å². The number of carbonyl (C=O) groups excluding carboxylic acids is 1. The first kappa shape index (κ1) is 16.0. The lowest BCUT2D eigenvalue weighted by molar-refractivity contribution is 0.0883. The van der Waals surface area contributed by atoms with E-state index in [0.29, 0.717) is 6.04 Å². The molecule has 1 aromatic carbocycles. The molecular formula is C15H23ClN2O. The third-order valence-electron chi connectivity index (χ3n) is 3.75. The standard InChI is InChI=1S/C15H22N2O.ClH/c1-17(2)14-11-7-6-10-13(14)16-15(18)12-8-4-3-5-9-12;/h3-5,8-9,13-14H,6-7,10-11H2,1-2H3,(H,16,18);1H/t13-,14+;/m1./s1. The molecule has 2 atom stereocenters. The number of carbonyl (C=O) groups is 1. The summed E-state index contributed by atoms with van der Waals surface area (Å²) in [5.74, 6) is 0.0503. The molecule has 1 saturated carbocycles. The largest absolute Gasteiger partial charge is 0.348 e. The van der Waals surface area contributed by atoms with E-state index in [2.05, 4.69) is 24.3 Å². The van der Waals surface area contributed by atoms with E-state index in [1.54, 1.807) is 0 Å². The first-order chi connectivity index (χ1) is 8.68. The van der Waals surface area contributed by atoms with E-state index in [-0.39, 0.29) is 24.4 Å². The lowest BCUT2D eigenvalue weighted by Gasteiger charge is -2.36. The van der Waals surface area contributed by atoms with Gasteiger partial charge in [-0.15, -0.1) is 12.4 Å².